The highest BCUT2D eigenvalue weighted by Crippen LogP contribution is 2.33. The zero-order valence-corrected chi connectivity index (χ0v) is 12.9. The monoisotopic (exact) mass is 310 g/mol. The Morgan fingerprint density at radius 2 is 2.28 bits per heavy atom. The minimum Gasteiger partial charge on any atom is -0.326 e. The van der Waals surface area contributed by atoms with Crippen LogP contribution in [-0.4, -0.2) is 23.5 Å². The van der Waals surface area contributed by atoms with Crippen LogP contribution in [0.4, 0.5) is 0 Å². The molecule has 0 spiro atoms. The van der Waals surface area contributed by atoms with Crippen LogP contribution in [0.25, 0.3) is 0 Å². The number of halogens is 1. The second-order valence-electron chi connectivity index (χ2n) is 5.30. The minimum atomic E-state index is 0.159. The molecule has 0 radical (unpaired) electrons. The van der Waals surface area contributed by atoms with Crippen LogP contribution in [0.5, 0.6) is 0 Å². The molecule has 3 unspecified atom stereocenters. The number of nitrogens with zero attached hydrogens (tertiary/aromatic N) is 1. The van der Waals surface area contributed by atoms with Gasteiger partial charge in [-0.25, -0.2) is 0 Å². The molecule has 100 valence electrons. The largest absolute Gasteiger partial charge is 0.326 e. The predicted octanol–water partition coefficient (Wildman–Crippen LogP) is 3.71. The van der Waals surface area contributed by atoms with Gasteiger partial charge in [0.1, 0.15) is 0 Å². The Bertz CT molecular complexity index is 392. The highest BCUT2D eigenvalue weighted by atomic mass is 79.9. The van der Waals surface area contributed by atoms with E-state index in [2.05, 4.69) is 58.9 Å². The second-order valence-corrected chi connectivity index (χ2v) is 6.22. The molecule has 1 aliphatic heterocycles. The van der Waals surface area contributed by atoms with Crippen molar-refractivity contribution < 1.29 is 0 Å². The van der Waals surface area contributed by atoms with Gasteiger partial charge in [0, 0.05) is 22.6 Å². The van der Waals surface area contributed by atoms with Crippen molar-refractivity contribution in [3.05, 3.63) is 34.3 Å². The third kappa shape index (κ3) is 2.95. The smallest absolute Gasteiger partial charge is 0.0499 e. The predicted molar refractivity (Wildman–Crippen MR) is 80.6 cm³/mol. The molecule has 1 fully saturated rings. The molecule has 2 N–H and O–H groups in total. The molecule has 3 atom stereocenters. The lowest BCUT2D eigenvalue weighted by molar-refractivity contribution is 0.157. The normalized spacial score (nSPS) is 24.1. The van der Waals surface area contributed by atoms with E-state index in [1.54, 1.807) is 0 Å². The lowest BCUT2D eigenvalue weighted by Crippen LogP contribution is -2.42. The molecule has 2 rings (SSSR count). The highest BCUT2D eigenvalue weighted by Gasteiger charge is 2.32. The van der Waals surface area contributed by atoms with Gasteiger partial charge in [-0.1, -0.05) is 35.0 Å². The first-order valence-electron chi connectivity index (χ1n) is 6.90. The fourth-order valence-electron chi connectivity index (χ4n) is 3.15. The number of rotatable bonds is 4. The van der Waals surface area contributed by atoms with E-state index in [1.165, 1.54) is 31.4 Å². The standard InChI is InChI=1S/C15H23BrN2/c1-3-14-8-5-9-18(14)15(11(2)17)12-6-4-7-13(16)10-12/h4,6-7,10-11,14-15H,3,5,8-9,17H2,1-2H3. The molecular formula is C15H23BrN2. The van der Waals surface area contributed by atoms with Crippen molar-refractivity contribution in [2.45, 2.75) is 51.2 Å². The van der Waals surface area contributed by atoms with Gasteiger partial charge in [-0.15, -0.1) is 0 Å². The number of hydrogen-bond donors (Lipinski definition) is 1. The molecule has 1 heterocycles. The molecule has 0 amide bonds. The van der Waals surface area contributed by atoms with Crippen molar-refractivity contribution in [3.8, 4) is 0 Å². The lowest BCUT2D eigenvalue weighted by Gasteiger charge is -2.35. The summed E-state index contributed by atoms with van der Waals surface area (Å²) in [6.07, 6.45) is 3.83. The molecular weight excluding hydrogens is 288 g/mol. The summed E-state index contributed by atoms with van der Waals surface area (Å²) in [7, 11) is 0. The van der Waals surface area contributed by atoms with Crippen molar-refractivity contribution in [2.24, 2.45) is 5.73 Å². The van der Waals surface area contributed by atoms with Crippen LogP contribution in [0.1, 0.15) is 44.7 Å². The Morgan fingerprint density at radius 3 is 2.89 bits per heavy atom. The van der Waals surface area contributed by atoms with E-state index in [9.17, 15) is 0 Å². The molecule has 3 heteroatoms. The number of nitrogens with two attached hydrogens (primary N) is 1. The van der Waals surface area contributed by atoms with Gasteiger partial charge < -0.3 is 5.73 Å². The maximum absolute atomic E-state index is 6.26. The molecule has 1 aromatic carbocycles. The SMILES string of the molecule is CCC1CCCN1C(c1cccc(Br)c1)C(C)N. The average Bonchev–Trinajstić information content (AvgIpc) is 2.77. The van der Waals surface area contributed by atoms with E-state index >= 15 is 0 Å². The van der Waals surface area contributed by atoms with E-state index in [-0.39, 0.29) is 6.04 Å². The van der Waals surface area contributed by atoms with E-state index in [0.717, 1.165) is 4.47 Å². The van der Waals surface area contributed by atoms with Crippen molar-refractivity contribution in [2.75, 3.05) is 6.54 Å². The molecule has 1 saturated heterocycles. The number of hydrogen-bond acceptors (Lipinski definition) is 2. The van der Waals surface area contributed by atoms with Gasteiger partial charge in [-0.3, -0.25) is 4.90 Å². The van der Waals surface area contributed by atoms with E-state index in [1.807, 2.05) is 0 Å². The van der Waals surface area contributed by atoms with Gasteiger partial charge in [-0.05, 0) is 50.4 Å². The van der Waals surface area contributed by atoms with Crippen LogP contribution in [0.2, 0.25) is 0 Å². The third-order valence-electron chi connectivity index (χ3n) is 3.94. The van der Waals surface area contributed by atoms with Crippen LogP contribution in [0, 0.1) is 0 Å². The Morgan fingerprint density at radius 1 is 1.50 bits per heavy atom. The fraction of sp³-hybridized carbons (Fsp3) is 0.600. The van der Waals surface area contributed by atoms with Gasteiger partial charge in [-0.2, -0.15) is 0 Å². The lowest BCUT2D eigenvalue weighted by atomic mass is 9.98. The molecule has 0 aromatic heterocycles. The second kappa shape index (κ2) is 6.18. The summed E-state index contributed by atoms with van der Waals surface area (Å²) in [5.41, 5.74) is 7.59. The van der Waals surface area contributed by atoms with Gasteiger partial charge in [0.25, 0.3) is 0 Å². The zero-order valence-electron chi connectivity index (χ0n) is 11.3. The van der Waals surface area contributed by atoms with Crippen molar-refractivity contribution in [1.29, 1.82) is 0 Å². The van der Waals surface area contributed by atoms with Gasteiger partial charge in [0.15, 0.2) is 0 Å². The van der Waals surface area contributed by atoms with Crippen molar-refractivity contribution in [1.82, 2.24) is 4.90 Å². The fourth-order valence-corrected chi connectivity index (χ4v) is 3.57. The third-order valence-corrected chi connectivity index (χ3v) is 4.43. The topological polar surface area (TPSA) is 29.3 Å². The van der Waals surface area contributed by atoms with E-state index in [4.69, 9.17) is 5.73 Å². The van der Waals surface area contributed by atoms with Crippen LogP contribution in [0.15, 0.2) is 28.7 Å². The molecule has 1 aromatic rings. The Hall–Kier alpha value is -0.380. The average molecular weight is 311 g/mol. The van der Waals surface area contributed by atoms with Crippen molar-refractivity contribution >= 4 is 15.9 Å². The molecule has 18 heavy (non-hydrogen) atoms. The summed E-state index contributed by atoms with van der Waals surface area (Å²) in [6, 6.07) is 9.78. The Balaban J connectivity index is 2.28. The van der Waals surface area contributed by atoms with Gasteiger partial charge in [0.2, 0.25) is 0 Å². The summed E-state index contributed by atoms with van der Waals surface area (Å²) in [4.78, 5) is 2.60. The first-order chi connectivity index (χ1) is 8.63. The summed E-state index contributed by atoms with van der Waals surface area (Å²) in [6.45, 7) is 5.58. The zero-order chi connectivity index (χ0) is 13.1. The molecule has 1 aliphatic rings. The van der Waals surface area contributed by atoms with Gasteiger partial charge >= 0.3 is 0 Å². The van der Waals surface area contributed by atoms with Crippen LogP contribution >= 0.6 is 15.9 Å². The summed E-state index contributed by atoms with van der Waals surface area (Å²) >= 11 is 3.56. The first kappa shape index (κ1) is 14.0. The van der Waals surface area contributed by atoms with E-state index < -0.39 is 0 Å². The van der Waals surface area contributed by atoms with E-state index in [0.29, 0.717) is 12.1 Å². The maximum Gasteiger partial charge on any atom is 0.0499 e. The molecule has 0 saturated carbocycles. The van der Waals surface area contributed by atoms with Gasteiger partial charge in [0.05, 0.1) is 0 Å². The van der Waals surface area contributed by atoms with Crippen LogP contribution < -0.4 is 5.73 Å². The maximum atomic E-state index is 6.26. The summed E-state index contributed by atoms with van der Waals surface area (Å²) < 4.78 is 1.14. The van der Waals surface area contributed by atoms with Crippen molar-refractivity contribution in [3.63, 3.8) is 0 Å². The van der Waals surface area contributed by atoms with Crippen LogP contribution in [-0.2, 0) is 0 Å². The minimum absolute atomic E-state index is 0.159. The first-order valence-corrected chi connectivity index (χ1v) is 7.69. The molecule has 0 bridgehead atoms. The highest BCUT2D eigenvalue weighted by molar-refractivity contribution is 9.10. The Kier molecular flexibility index (Phi) is 4.82. The van der Waals surface area contributed by atoms with Crippen LogP contribution in [0.3, 0.4) is 0 Å². The summed E-state index contributed by atoms with van der Waals surface area (Å²) in [5, 5.41) is 0. The summed E-state index contributed by atoms with van der Waals surface area (Å²) in [5.74, 6) is 0. The number of likely N-dealkylation sites (tertiary alicyclic amines) is 1. The molecule has 2 nitrogen and oxygen atoms in total. The number of benzene rings is 1. The Labute approximate surface area is 119 Å². The molecule has 0 aliphatic carbocycles. The quantitative estimate of drug-likeness (QED) is 0.918.